The van der Waals surface area contributed by atoms with Crippen molar-refractivity contribution < 1.29 is 0 Å². The van der Waals surface area contributed by atoms with E-state index >= 15 is 0 Å². The molecule has 7 nitrogen and oxygen atoms in total. The summed E-state index contributed by atoms with van der Waals surface area (Å²) in [5.74, 6) is 9.72. The van der Waals surface area contributed by atoms with Crippen molar-refractivity contribution in [1.82, 2.24) is 19.6 Å². The van der Waals surface area contributed by atoms with E-state index in [2.05, 4.69) is 25.4 Å². The zero-order chi connectivity index (χ0) is 12.5. The topological polar surface area (TPSA) is 84.4 Å². The number of hydrogen-bond donors (Lipinski definition) is 2. The van der Waals surface area contributed by atoms with Gasteiger partial charge in [-0.1, -0.05) is 0 Å². The van der Waals surface area contributed by atoms with Gasteiger partial charge in [0, 0.05) is 36.4 Å². The molecule has 8 heteroatoms. The van der Waals surface area contributed by atoms with Gasteiger partial charge in [-0.2, -0.15) is 21.3 Å². The van der Waals surface area contributed by atoms with E-state index in [0.29, 0.717) is 11.6 Å². The molecule has 0 aromatic carbocycles. The fourth-order valence-electron chi connectivity index (χ4n) is 1.98. The van der Waals surface area contributed by atoms with Crippen LogP contribution in [0.3, 0.4) is 0 Å². The van der Waals surface area contributed by atoms with Crippen molar-refractivity contribution in [2.45, 2.75) is 6.92 Å². The lowest BCUT2D eigenvalue weighted by atomic mass is 10.4. The minimum Gasteiger partial charge on any atom is -0.338 e. The third-order valence-corrected chi connectivity index (χ3v) is 3.81. The maximum atomic E-state index is 5.49. The Kier molecular flexibility index (Phi) is 2.96. The number of thioether (sulfide) groups is 1. The molecule has 0 saturated carbocycles. The van der Waals surface area contributed by atoms with Gasteiger partial charge >= 0.3 is 0 Å². The molecule has 0 unspecified atom stereocenters. The normalized spacial score (nSPS) is 16.2. The van der Waals surface area contributed by atoms with E-state index < -0.39 is 0 Å². The zero-order valence-electron chi connectivity index (χ0n) is 10.1. The predicted molar refractivity (Wildman–Crippen MR) is 72.9 cm³/mol. The van der Waals surface area contributed by atoms with Crippen LogP contribution in [0.15, 0.2) is 6.07 Å². The molecule has 96 valence electrons. The largest absolute Gasteiger partial charge is 0.338 e. The number of hydrogen-bond acceptors (Lipinski definition) is 7. The number of nitrogens with zero attached hydrogens (tertiary/aromatic N) is 5. The van der Waals surface area contributed by atoms with E-state index in [4.69, 9.17) is 5.84 Å². The van der Waals surface area contributed by atoms with Crippen molar-refractivity contribution in [3.05, 3.63) is 11.8 Å². The second-order valence-electron chi connectivity index (χ2n) is 4.15. The Morgan fingerprint density at radius 3 is 2.83 bits per heavy atom. The van der Waals surface area contributed by atoms with Gasteiger partial charge < -0.3 is 10.3 Å². The summed E-state index contributed by atoms with van der Waals surface area (Å²) < 4.78 is 1.64. The minimum absolute atomic E-state index is 0.580. The van der Waals surface area contributed by atoms with Gasteiger partial charge in [0.1, 0.15) is 5.82 Å². The van der Waals surface area contributed by atoms with Crippen molar-refractivity contribution in [2.75, 3.05) is 34.9 Å². The van der Waals surface area contributed by atoms with E-state index in [1.165, 1.54) is 0 Å². The maximum Gasteiger partial charge on any atom is 0.256 e. The number of aromatic nitrogens is 4. The standard InChI is InChI=1S/C10H15N7S/c1-7-6-8(14-11)17-9(12-7)13-10(15-17)16-2-4-18-5-3-16/h6,14H,2-5,11H2,1H3. The highest BCUT2D eigenvalue weighted by molar-refractivity contribution is 7.99. The molecule has 0 radical (unpaired) electrons. The first kappa shape index (κ1) is 11.5. The van der Waals surface area contributed by atoms with Crippen molar-refractivity contribution >= 4 is 29.3 Å². The van der Waals surface area contributed by atoms with Crippen LogP contribution in [0.4, 0.5) is 11.8 Å². The Balaban J connectivity index is 2.04. The molecule has 0 amide bonds. The molecule has 1 saturated heterocycles. The quantitative estimate of drug-likeness (QED) is 0.595. The van der Waals surface area contributed by atoms with Gasteiger partial charge in [-0.15, -0.1) is 5.10 Å². The number of nitrogens with one attached hydrogen (secondary N) is 1. The Hall–Kier alpha value is -1.54. The minimum atomic E-state index is 0.580. The summed E-state index contributed by atoms with van der Waals surface area (Å²) in [5, 5.41) is 4.47. The number of rotatable bonds is 2. The Morgan fingerprint density at radius 1 is 1.33 bits per heavy atom. The van der Waals surface area contributed by atoms with Gasteiger partial charge in [0.15, 0.2) is 0 Å². The summed E-state index contributed by atoms with van der Waals surface area (Å²) in [6.45, 7) is 3.87. The van der Waals surface area contributed by atoms with Gasteiger partial charge in [0.25, 0.3) is 5.78 Å². The first-order chi connectivity index (χ1) is 8.78. The van der Waals surface area contributed by atoms with Crippen LogP contribution in [-0.2, 0) is 0 Å². The maximum absolute atomic E-state index is 5.49. The lowest BCUT2D eigenvalue weighted by Crippen LogP contribution is -2.33. The number of aryl methyl sites for hydroxylation is 1. The Morgan fingerprint density at radius 2 is 2.11 bits per heavy atom. The van der Waals surface area contributed by atoms with E-state index in [1.54, 1.807) is 4.52 Å². The second-order valence-corrected chi connectivity index (χ2v) is 5.37. The molecule has 18 heavy (non-hydrogen) atoms. The van der Waals surface area contributed by atoms with E-state index in [0.717, 1.165) is 36.2 Å². The molecule has 3 rings (SSSR count). The van der Waals surface area contributed by atoms with Crippen molar-refractivity contribution in [1.29, 1.82) is 0 Å². The van der Waals surface area contributed by atoms with Gasteiger partial charge in [0.05, 0.1) is 0 Å². The molecule has 1 aliphatic rings. The average molecular weight is 265 g/mol. The van der Waals surface area contributed by atoms with Crippen LogP contribution in [0.5, 0.6) is 0 Å². The third-order valence-electron chi connectivity index (χ3n) is 2.87. The molecule has 0 spiro atoms. The molecule has 0 aliphatic carbocycles. The van der Waals surface area contributed by atoms with Crippen molar-refractivity contribution in [3.8, 4) is 0 Å². The molecule has 1 aliphatic heterocycles. The summed E-state index contributed by atoms with van der Waals surface area (Å²) in [7, 11) is 0. The first-order valence-electron chi connectivity index (χ1n) is 5.81. The van der Waals surface area contributed by atoms with Crippen LogP contribution < -0.4 is 16.2 Å². The van der Waals surface area contributed by atoms with Crippen LogP contribution in [0.1, 0.15) is 5.69 Å². The van der Waals surface area contributed by atoms with Crippen LogP contribution in [-0.4, -0.2) is 44.2 Å². The lowest BCUT2D eigenvalue weighted by molar-refractivity contribution is 0.807. The number of anilines is 2. The summed E-state index contributed by atoms with van der Waals surface area (Å²) >= 11 is 1.96. The fourth-order valence-corrected chi connectivity index (χ4v) is 2.88. The number of nitrogens with two attached hydrogens (primary N) is 1. The van der Waals surface area contributed by atoms with Gasteiger partial charge in [-0.25, -0.2) is 10.8 Å². The molecule has 3 N–H and O–H groups in total. The predicted octanol–water partition coefficient (Wildman–Crippen LogP) is 0.272. The summed E-state index contributed by atoms with van der Waals surface area (Å²) in [5.41, 5.74) is 3.49. The van der Waals surface area contributed by atoms with Gasteiger partial charge in [-0.3, -0.25) is 0 Å². The van der Waals surface area contributed by atoms with E-state index in [-0.39, 0.29) is 0 Å². The molecule has 1 fully saturated rings. The average Bonchev–Trinajstić information content (AvgIpc) is 2.82. The highest BCUT2D eigenvalue weighted by Gasteiger charge is 2.17. The number of nitrogen functional groups attached to an aromatic ring is 1. The third kappa shape index (κ3) is 1.97. The summed E-state index contributed by atoms with van der Waals surface area (Å²) in [4.78, 5) is 11.0. The molecule has 2 aromatic heterocycles. The zero-order valence-corrected chi connectivity index (χ0v) is 10.9. The monoisotopic (exact) mass is 265 g/mol. The van der Waals surface area contributed by atoms with Crippen LogP contribution in [0.2, 0.25) is 0 Å². The second kappa shape index (κ2) is 4.62. The highest BCUT2D eigenvalue weighted by Crippen LogP contribution is 2.18. The van der Waals surface area contributed by atoms with Crippen LogP contribution in [0, 0.1) is 6.92 Å². The highest BCUT2D eigenvalue weighted by atomic mass is 32.2. The Bertz CT molecular complexity index is 561. The number of hydrazine groups is 1. The molecular formula is C10H15N7S. The smallest absolute Gasteiger partial charge is 0.256 e. The van der Waals surface area contributed by atoms with Crippen molar-refractivity contribution in [2.24, 2.45) is 5.84 Å². The lowest BCUT2D eigenvalue weighted by Gasteiger charge is -2.24. The fraction of sp³-hybridized carbons (Fsp3) is 0.500. The molecule has 3 heterocycles. The van der Waals surface area contributed by atoms with Crippen LogP contribution >= 0.6 is 11.8 Å². The molecule has 2 aromatic rings. The summed E-state index contributed by atoms with van der Waals surface area (Å²) in [6, 6.07) is 1.84. The van der Waals surface area contributed by atoms with E-state index in [9.17, 15) is 0 Å². The Labute approximate surface area is 109 Å². The van der Waals surface area contributed by atoms with Gasteiger partial charge in [0.2, 0.25) is 5.95 Å². The van der Waals surface area contributed by atoms with E-state index in [1.807, 2.05) is 24.8 Å². The molecule has 0 atom stereocenters. The first-order valence-corrected chi connectivity index (χ1v) is 6.97. The van der Waals surface area contributed by atoms with Gasteiger partial charge in [-0.05, 0) is 6.92 Å². The van der Waals surface area contributed by atoms with Crippen molar-refractivity contribution in [3.63, 3.8) is 0 Å². The SMILES string of the molecule is Cc1cc(NN)n2nc(N3CCSCC3)nc2n1. The van der Waals surface area contributed by atoms with Crippen LogP contribution in [0.25, 0.3) is 5.78 Å². The number of fused-ring (bicyclic) bond motifs is 1. The summed E-state index contributed by atoms with van der Waals surface area (Å²) in [6.07, 6.45) is 0. The molecular weight excluding hydrogens is 250 g/mol. The molecule has 0 bridgehead atoms.